The molecule has 1 aliphatic rings. The minimum Gasteiger partial charge on any atom is -0.468 e. The zero-order valence-corrected chi connectivity index (χ0v) is 8.54. The summed E-state index contributed by atoms with van der Waals surface area (Å²) in [6, 6.07) is 0.407. The van der Waals surface area contributed by atoms with Crippen LogP contribution in [-0.2, 0) is 9.53 Å². The summed E-state index contributed by atoms with van der Waals surface area (Å²) in [5, 5.41) is 0. The molecule has 0 aromatic carbocycles. The first kappa shape index (κ1) is 10.5. The first-order valence-electron chi connectivity index (χ1n) is 4.53. The number of nitrogens with two attached hydrogens (primary N) is 1. The minimum absolute atomic E-state index is 0.281. The van der Waals surface area contributed by atoms with E-state index >= 15 is 0 Å². The van der Waals surface area contributed by atoms with Crippen molar-refractivity contribution in [3.8, 4) is 0 Å². The van der Waals surface area contributed by atoms with E-state index in [1.54, 1.807) is 0 Å². The quantitative estimate of drug-likeness (QED) is 0.615. The van der Waals surface area contributed by atoms with Crippen LogP contribution in [0.15, 0.2) is 0 Å². The van der Waals surface area contributed by atoms with Gasteiger partial charge in [0.1, 0.15) is 5.54 Å². The molecule has 2 atom stereocenters. The van der Waals surface area contributed by atoms with Crippen LogP contribution in [0.2, 0.25) is 0 Å². The van der Waals surface area contributed by atoms with Crippen molar-refractivity contribution in [3.05, 3.63) is 0 Å². The van der Waals surface area contributed by atoms with Crippen molar-refractivity contribution in [1.82, 2.24) is 4.90 Å². The molecule has 0 bridgehead atoms. The monoisotopic (exact) mass is 186 g/mol. The average molecular weight is 186 g/mol. The maximum atomic E-state index is 11.3. The van der Waals surface area contributed by atoms with Gasteiger partial charge in [0.2, 0.25) is 0 Å². The first-order chi connectivity index (χ1) is 5.99. The topological polar surface area (TPSA) is 55.6 Å². The number of hydrogen-bond acceptors (Lipinski definition) is 4. The summed E-state index contributed by atoms with van der Waals surface area (Å²) in [7, 11) is 5.40. The highest BCUT2D eigenvalue weighted by atomic mass is 16.5. The summed E-state index contributed by atoms with van der Waals surface area (Å²) in [4.78, 5) is 13.4. The fourth-order valence-electron chi connectivity index (χ4n) is 1.88. The lowest BCUT2D eigenvalue weighted by molar-refractivity contribution is -0.146. The zero-order valence-electron chi connectivity index (χ0n) is 8.54. The van der Waals surface area contributed by atoms with E-state index in [0.717, 1.165) is 12.8 Å². The van der Waals surface area contributed by atoms with Gasteiger partial charge >= 0.3 is 5.97 Å². The molecule has 0 aromatic rings. The smallest absolute Gasteiger partial charge is 0.325 e. The van der Waals surface area contributed by atoms with Gasteiger partial charge in [-0.3, -0.25) is 4.79 Å². The van der Waals surface area contributed by atoms with Crippen LogP contribution in [0.1, 0.15) is 19.3 Å². The second kappa shape index (κ2) is 3.64. The molecular formula is C9H18N2O2. The third-order valence-corrected chi connectivity index (χ3v) is 2.85. The molecule has 13 heavy (non-hydrogen) atoms. The Hall–Kier alpha value is -0.610. The Morgan fingerprint density at radius 2 is 2.23 bits per heavy atom. The normalized spacial score (nSPS) is 33.8. The highest BCUT2D eigenvalue weighted by molar-refractivity contribution is 5.80. The summed E-state index contributed by atoms with van der Waals surface area (Å²) in [6.45, 7) is 0. The second-order valence-electron chi connectivity index (χ2n) is 4.01. The Balaban J connectivity index is 2.61. The Labute approximate surface area is 79.0 Å². The molecule has 2 N–H and O–H groups in total. The number of methoxy groups -OCH3 is 1. The van der Waals surface area contributed by atoms with Crippen molar-refractivity contribution in [2.45, 2.75) is 30.8 Å². The molecule has 0 saturated heterocycles. The molecule has 0 amide bonds. The largest absolute Gasteiger partial charge is 0.468 e. The van der Waals surface area contributed by atoms with Crippen LogP contribution < -0.4 is 5.73 Å². The summed E-state index contributed by atoms with van der Waals surface area (Å²) < 4.78 is 4.68. The third kappa shape index (κ3) is 2.00. The van der Waals surface area contributed by atoms with Crippen molar-refractivity contribution < 1.29 is 9.53 Å². The maximum absolute atomic E-state index is 11.3. The number of hydrogen-bond donors (Lipinski definition) is 1. The summed E-state index contributed by atoms with van der Waals surface area (Å²) in [5.41, 5.74) is 5.19. The molecule has 0 spiro atoms. The van der Waals surface area contributed by atoms with Crippen LogP contribution in [-0.4, -0.2) is 43.7 Å². The minimum atomic E-state index is -0.746. The van der Waals surface area contributed by atoms with Crippen LogP contribution >= 0.6 is 0 Å². The molecule has 0 aliphatic heterocycles. The zero-order chi connectivity index (χ0) is 10.1. The first-order valence-corrected chi connectivity index (χ1v) is 4.53. The molecule has 1 rings (SSSR count). The number of rotatable bonds is 2. The number of carbonyl (C=O) groups is 1. The molecule has 0 radical (unpaired) electrons. The molecule has 2 unspecified atom stereocenters. The maximum Gasteiger partial charge on any atom is 0.325 e. The molecule has 1 aliphatic carbocycles. The van der Waals surface area contributed by atoms with Gasteiger partial charge in [0.25, 0.3) is 0 Å². The highest BCUT2D eigenvalue weighted by Crippen LogP contribution is 2.30. The van der Waals surface area contributed by atoms with E-state index in [1.165, 1.54) is 7.11 Å². The Morgan fingerprint density at radius 3 is 2.62 bits per heavy atom. The van der Waals surface area contributed by atoms with Crippen LogP contribution in [0.3, 0.4) is 0 Å². The van der Waals surface area contributed by atoms with Gasteiger partial charge in [-0.15, -0.1) is 0 Å². The molecule has 0 heterocycles. The van der Waals surface area contributed by atoms with E-state index in [-0.39, 0.29) is 5.97 Å². The van der Waals surface area contributed by atoms with Crippen LogP contribution in [0, 0.1) is 0 Å². The molecule has 76 valence electrons. The lowest BCUT2D eigenvalue weighted by Gasteiger charge is -2.23. The van der Waals surface area contributed by atoms with Crippen molar-refractivity contribution in [2.24, 2.45) is 5.73 Å². The van der Waals surface area contributed by atoms with Gasteiger partial charge in [0.05, 0.1) is 7.11 Å². The van der Waals surface area contributed by atoms with Gasteiger partial charge < -0.3 is 15.4 Å². The van der Waals surface area contributed by atoms with Gasteiger partial charge in [-0.05, 0) is 33.4 Å². The van der Waals surface area contributed by atoms with E-state index in [2.05, 4.69) is 9.64 Å². The number of ether oxygens (including phenoxy) is 1. The Bertz CT molecular complexity index is 206. The highest BCUT2D eigenvalue weighted by Gasteiger charge is 2.43. The van der Waals surface area contributed by atoms with E-state index in [9.17, 15) is 4.79 Å². The molecular weight excluding hydrogens is 168 g/mol. The van der Waals surface area contributed by atoms with Crippen molar-refractivity contribution in [3.63, 3.8) is 0 Å². The average Bonchev–Trinajstić information content (AvgIpc) is 2.48. The van der Waals surface area contributed by atoms with Gasteiger partial charge in [-0.25, -0.2) is 0 Å². The van der Waals surface area contributed by atoms with Crippen molar-refractivity contribution in [2.75, 3.05) is 21.2 Å². The molecule has 1 saturated carbocycles. The standard InChI is InChI=1S/C9H18N2O2/c1-11(2)7-4-5-9(10,6-7)8(12)13-3/h7H,4-6,10H2,1-3H3. The lowest BCUT2D eigenvalue weighted by Crippen LogP contribution is -2.47. The van der Waals surface area contributed by atoms with Gasteiger partial charge in [0.15, 0.2) is 0 Å². The fourth-order valence-corrected chi connectivity index (χ4v) is 1.88. The van der Waals surface area contributed by atoms with Crippen molar-refractivity contribution >= 4 is 5.97 Å². The SMILES string of the molecule is COC(=O)C1(N)CCC(N(C)C)C1. The van der Waals surface area contributed by atoms with E-state index in [1.807, 2.05) is 14.1 Å². The number of carbonyl (C=O) groups excluding carboxylic acids is 1. The predicted octanol–water partition coefficient (Wildman–Crippen LogP) is -0.0290. The molecule has 1 fully saturated rings. The predicted molar refractivity (Wildman–Crippen MR) is 50.3 cm³/mol. The van der Waals surface area contributed by atoms with Crippen LogP contribution in [0.25, 0.3) is 0 Å². The lowest BCUT2D eigenvalue weighted by atomic mass is 9.99. The molecule has 4 nitrogen and oxygen atoms in total. The van der Waals surface area contributed by atoms with E-state index in [0.29, 0.717) is 12.5 Å². The van der Waals surface area contributed by atoms with Gasteiger partial charge in [-0.2, -0.15) is 0 Å². The summed E-state index contributed by atoms with van der Waals surface area (Å²) in [6.07, 6.45) is 2.40. The number of nitrogens with zero attached hydrogens (tertiary/aromatic N) is 1. The second-order valence-corrected chi connectivity index (χ2v) is 4.01. The number of esters is 1. The van der Waals surface area contributed by atoms with Gasteiger partial charge in [0, 0.05) is 6.04 Å². The fraction of sp³-hybridized carbons (Fsp3) is 0.889. The molecule has 0 aromatic heterocycles. The van der Waals surface area contributed by atoms with Crippen LogP contribution in [0.5, 0.6) is 0 Å². The Kier molecular flexibility index (Phi) is 2.93. The Morgan fingerprint density at radius 1 is 1.62 bits per heavy atom. The third-order valence-electron chi connectivity index (χ3n) is 2.85. The van der Waals surface area contributed by atoms with Crippen LogP contribution in [0.4, 0.5) is 0 Å². The van der Waals surface area contributed by atoms with E-state index < -0.39 is 5.54 Å². The van der Waals surface area contributed by atoms with Crippen molar-refractivity contribution in [1.29, 1.82) is 0 Å². The van der Waals surface area contributed by atoms with Gasteiger partial charge in [-0.1, -0.05) is 0 Å². The van der Waals surface area contributed by atoms with E-state index in [4.69, 9.17) is 5.73 Å². The molecule has 4 heteroatoms. The summed E-state index contributed by atoms with van der Waals surface area (Å²) >= 11 is 0. The summed E-state index contributed by atoms with van der Waals surface area (Å²) in [5.74, 6) is -0.281.